The number of hydrogen-bond donors (Lipinski definition) is 1. The van der Waals surface area contributed by atoms with Gasteiger partial charge in [-0.25, -0.2) is 0 Å². The van der Waals surface area contributed by atoms with Crippen LogP contribution in [-0.4, -0.2) is 32.2 Å². The van der Waals surface area contributed by atoms with Gasteiger partial charge in [0.1, 0.15) is 17.4 Å². The highest BCUT2D eigenvalue weighted by molar-refractivity contribution is 6.15. The lowest BCUT2D eigenvalue weighted by atomic mass is 10.0. The number of Topliss-reactive ketones (excluding diaryl/α,β-unsaturated/α-hetero) is 1. The van der Waals surface area contributed by atoms with E-state index in [0.717, 1.165) is 0 Å². The van der Waals surface area contributed by atoms with E-state index in [1.165, 1.54) is 39.5 Å². The third-order valence-corrected chi connectivity index (χ3v) is 3.53. The number of para-hydroxylation sites is 1. The maximum atomic E-state index is 12.7. The van der Waals surface area contributed by atoms with Gasteiger partial charge in [-0.05, 0) is 35.9 Å². The minimum Gasteiger partial charge on any atom is -0.502 e. The van der Waals surface area contributed by atoms with E-state index in [2.05, 4.69) is 0 Å². The van der Waals surface area contributed by atoms with Crippen LogP contribution >= 0.6 is 0 Å². The number of allylic oxidation sites excluding steroid dienone is 1. The molecule has 0 atom stereocenters. The minimum absolute atomic E-state index is 0.0840. The molecular formula is C19H17NO5. The van der Waals surface area contributed by atoms with Crippen LogP contribution in [0.1, 0.15) is 15.9 Å². The summed E-state index contributed by atoms with van der Waals surface area (Å²) in [5, 5.41) is 19.3. The Hall–Kier alpha value is -3.46. The van der Waals surface area contributed by atoms with E-state index in [9.17, 15) is 15.2 Å². The number of benzene rings is 2. The van der Waals surface area contributed by atoms with Crippen molar-refractivity contribution in [2.75, 3.05) is 21.3 Å². The predicted molar refractivity (Wildman–Crippen MR) is 92.1 cm³/mol. The number of rotatable bonds is 6. The Balaban J connectivity index is 2.51. The van der Waals surface area contributed by atoms with Crippen molar-refractivity contribution in [1.29, 1.82) is 5.26 Å². The quantitative estimate of drug-likeness (QED) is 0.494. The fraction of sp³-hybridized carbons (Fsp3) is 0.158. The average molecular weight is 339 g/mol. The largest absolute Gasteiger partial charge is 0.502 e. The molecule has 25 heavy (non-hydrogen) atoms. The number of ketones is 1. The number of hydrogen-bond acceptors (Lipinski definition) is 6. The summed E-state index contributed by atoms with van der Waals surface area (Å²) in [4.78, 5) is 12.7. The van der Waals surface area contributed by atoms with Crippen LogP contribution in [0.4, 0.5) is 0 Å². The molecule has 6 nitrogen and oxygen atoms in total. The van der Waals surface area contributed by atoms with Gasteiger partial charge in [0, 0.05) is 0 Å². The van der Waals surface area contributed by atoms with E-state index in [0.29, 0.717) is 11.3 Å². The van der Waals surface area contributed by atoms with Gasteiger partial charge in [-0.15, -0.1) is 0 Å². The number of nitriles is 1. The van der Waals surface area contributed by atoms with Crippen LogP contribution in [0, 0.1) is 11.3 Å². The van der Waals surface area contributed by atoms with Gasteiger partial charge in [-0.1, -0.05) is 12.1 Å². The molecule has 0 radical (unpaired) electrons. The molecule has 2 rings (SSSR count). The van der Waals surface area contributed by atoms with Crippen LogP contribution in [0.15, 0.2) is 42.0 Å². The van der Waals surface area contributed by atoms with Crippen LogP contribution in [0.3, 0.4) is 0 Å². The molecule has 0 amide bonds. The standard InChI is InChI=1S/C19H17NO5/c1-23-15-7-5-4-6-14(15)18(21)13(11-20)8-12-9-16(24-2)19(22)17(10-12)25-3/h4-10,22H,1-3H3/b13-8+. The van der Waals surface area contributed by atoms with Gasteiger partial charge in [-0.2, -0.15) is 5.26 Å². The normalized spacial score (nSPS) is 10.7. The van der Waals surface area contributed by atoms with Crippen molar-refractivity contribution in [2.24, 2.45) is 0 Å². The molecule has 0 aliphatic rings. The number of carbonyl (C=O) groups is 1. The van der Waals surface area contributed by atoms with Gasteiger partial charge in [0.15, 0.2) is 11.5 Å². The molecule has 0 spiro atoms. The molecule has 1 N–H and O–H groups in total. The van der Waals surface area contributed by atoms with Gasteiger partial charge < -0.3 is 19.3 Å². The van der Waals surface area contributed by atoms with Crippen LogP contribution in [0.5, 0.6) is 23.0 Å². The van der Waals surface area contributed by atoms with E-state index >= 15 is 0 Å². The summed E-state index contributed by atoms with van der Waals surface area (Å²) in [5.41, 5.74) is 0.682. The zero-order valence-corrected chi connectivity index (χ0v) is 14.1. The van der Waals surface area contributed by atoms with Crippen molar-refractivity contribution in [2.45, 2.75) is 0 Å². The lowest BCUT2D eigenvalue weighted by Gasteiger charge is -2.10. The van der Waals surface area contributed by atoms with Crippen LogP contribution in [0.2, 0.25) is 0 Å². The molecule has 128 valence electrons. The van der Waals surface area contributed by atoms with Crippen molar-refractivity contribution >= 4 is 11.9 Å². The number of phenolic OH excluding ortho intramolecular Hbond substituents is 1. The zero-order valence-electron chi connectivity index (χ0n) is 14.1. The average Bonchev–Trinajstić information content (AvgIpc) is 2.66. The molecule has 0 saturated heterocycles. The van der Waals surface area contributed by atoms with Gasteiger partial charge >= 0.3 is 0 Å². The number of methoxy groups -OCH3 is 3. The molecule has 0 heterocycles. The first-order chi connectivity index (χ1) is 12.0. The first-order valence-electron chi connectivity index (χ1n) is 7.30. The Morgan fingerprint density at radius 1 is 1.04 bits per heavy atom. The second-order valence-electron chi connectivity index (χ2n) is 4.97. The van der Waals surface area contributed by atoms with E-state index in [1.807, 2.05) is 6.07 Å². The molecule has 0 aliphatic carbocycles. The van der Waals surface area contributed by atoms with Crippen LogP contribution in [0.25, 0.3) is 6.08 Å². The molecule has 0 bridgehead atoms. The van der Waals surface area contributed by atoms with E-state index < -0.39 is 5.78 Å². The van der Waals surface area contributed by atoms with Gasteiger partial charge in [-0.3, -0.25) is 4.79 Å². The highest BCUT2D eigenvalue weighted by Crippen LogP contribution is 2.37. The van der Waals surface area contributed by atoms with Crippen molar-refractivity contribution in [3.8, 4) is 29.1 Å². The van der Waals surface area contributed by atoms with Crippen molar-refractivity contribution in [1.82, 2.24) is 0 Å². The van der Waals surface area contributed by atoms with Crippen molar-refractivity contribution in [3.05, 3.63) is 53.1 Å². The maximum Gasteiger partial charge on any atom is 0.207 e. The van der Waals surface area contributed by atoms with E-state index in [-0.39, 0.29) is 28.4 Å². The molecule has 0 aliphatic heterocycles. The summed E-state index contributed by atoms with van der Waals surface area (Å²) >= 11 is 0. The SMILES string of the molecule is COc1ccccc1C(=O)/C(C#N)=C/c1cc(OC)c(O)c(OC)c1. The first kappa shape index (κ1) is 17.9. The Labute approximate surface area is 145 Å². The zero-order chi connectivity index (χ0) is 18.4. The smallest absolute Gasteiger partial charge is 0.207 e. The minimum atomic E-state index is -0.467. The number of nitrogens with zero attached hydrogens (tertiary/aromatic N) is 1. The fourth-order valence-electron chi connectivity index (χ4n) is 2.29. The Kier molecular flexibility index (Phi) is 5.64. The predicted octanol–water partition coefficient (Wildman–Crippen LogP) is 3.21. The molecule has 2 aromatic carbocycles. The molecular weight excluding hydrogens is 322 g/mol. The highest BCUT2D eigenvalue weighted by Gasteiger charge is 2.17. The summed E-state index contributed by atoms with van der Waals surface area (Å²) in [6, 6.07) is 11.6. The molecule has 6 heteroatoms. The van der Waals surface area contributed by atoms with Gasteiger partial charge in [0.05, 0.1) is 26.9 Å². The topological polar surface area (TPSA) is 88.8 Å². The second-order valence-corrected chi connectivity index (χ2v) is 4.97. The summed E-state index contributed by atoms with van der Waals surface area (Å²) in [7, 11) is 4.25. The highest BCUT2D eigenvalue weighted by atomic mass is 16.5. The van der Waals surface area contributed by atoms with E-state index in [1.54, 1.807) is 24.3 Å². The molecule has 2 aromatic rings. The number of ether oxygens (including phenoxy) is 3. The Morgan fingerprint density at radius 3 is 2.12 bits per heavy atom. The fourth-order valence-corrected chi connectivity index (χ4v) is 2.29. The van der Waals surface area contributed by atoms with Crippen LogP contribution in [-0.2, 0) is 0 Å². The lowest BCUT2D eigenvalue weighted by Crippen LogP contribution is -2.04. The summed E-state index contributed by atoms with van der Waals surface area (Å²) in [6.45, 7) is 0. The molecule has 0 fully saturated rings. The van der Waals surface area contributed by atoms with Gasteiger partial charge in [0.2, 0.25) is 11.5 Å². The monoisotopic (exact) mass is 339 g/mol. The number of carbonyl (C=O) groups excluding carboxylic acids is 1. The first-order valence-corrected chi connectivity index (χ1v) is 7.30. The molecule has 0 aromatic heterocycles. The number of phenols is 1. The Morgan fingerprint density at radius 2 is 1.60 bits per heavy atom. The third-order valence-electron chi connectivity index (χ3n) is 3.53. The summed E-state index contributed by atoms with van der Waals surface area (Å²) in [5.74, 6) is 0.109. The van der Waals surface area contributed by atoms with Crippen molar-refractivity contribution in [3.63, 3.8) is 0 Å². The second kappa shape index (κ2) is 7.88. The summed E-state index contributed by atoms with van der Waals surface area (Å²) < 4.78 is 15.3. The Bertz CT molecular complexity index is 839. The number of aromatic hydroxyl groups is 1. The maximum absolute atomic E-state index is 12.7. The van der Waals surface area contributed by atoms with Crippen molar-refractivity contribution < 1.29 is 24.1 Å². The van der Waals surface area contributed by atoms with Gasteiger partial charge in [0.25, 0.3) is 0 Å². The molecule has 0 saturated carbocycles. The molecule has 0 unspecified atom stereocenters. The lowest BCUT2D eigenvalue weighted by molar-refractivity contribution is 0.103. The summed E-state index contributed by atoms with van der Waals surface area (Å²) in [6.07, 6.45) is 1.40. The third kappa shape index (κ3) is 3.72. The van der Waals surface area contributed by atoms with Crippen LogP contribution < -0.4 is 14.2 Å². The van der Waals surface area contributed by atoms with E-state index in [4.69, 9.17) is 14.2 Å².